The molecular weight excluding hydrogens is 394 g/mol. The Kier molecular flexibility index (Phi) is 5.80. The Hall–Kier alpha value is -3.16. The van der Waals surface area contributed by atoms with E-state index in [1.807, 2.05) is 59.5 Å². The molecule has 1 saturated heterocycles. The number of nitrogens with zero attached hydrogens (tertiary/aromatic N) is 2. The lowest BCUT2D eigenvalue weighted by Gasteiger charge is -2.46. The smallest absolute Gasteiger partial charge is 0.287 e. The van der Waals surface area contributed by atoms with E-state index in [4.69, 9.17) is 4.42 Å². The summed E-state index contributed by atoms with van der Waals surface area (Å²) in [7, 11) is 3.43. The third-order valence-electron chi connectivity index (χ3n) is 5.95. The number of likely N-dealkylation sites (tertiary alicyclic amines) is 1. The molecule has 31 heavy (non-hydrogen) atoms. The Bertz CT molecular complexity index is 1050. The number of β-amino-alcohol motifs (C(OH)–C–C–N with tert-alkyl or cyclic N) is 1. The van der Waals surface area contributed by atoms with Crippen LogP contribution in [-0.4, -0.2) is 66.6 Å². The van der Waals surface area contributed by atoms with Crippen LogP contribution in [0.4, 0.5) is 0 Å². The van der Waals surface area contributed by atoms with Crippen molar-refractivity contribution >= 4 is 22.8 Å². The first-order valence-electron chi connectivity index (χ1n) is 10.4. The van der Waals surface area contributed by atoms with Gasteiger partial charge in [-0.3, -0.25) is 14.5 Å². The van der Waals surface area contributed by atoms with Gasteiger partial charge in [0, 0.05) is 32.6 Å². The minimum atomic E-state index is -0.977. The van der Waals surface area contributed by atoms with E-state index >= 15 is 0 Å². The van der Waals surface area contributed by atoms with Crippen molar-refractivity contribution in [2.45, 2.75) is 18.1 Å². The Morgan fingerprint density at radius 3 is 2.55 bits per heavy atom. The molecule has 7 nitrogen and oxygen atoms in total. The molecule has 1 aliphatic heterocycles. The average molecular weight is 421 g/mol. The minimum absolute atomic E-state index is 0.0225. The number of hydrogen-bond acceptors (Lipinski definition) is 5. The molecule has 0 bridgehead atoms. The number of aliphatic hydroxyl groups excluding tert-OH is 1. The normalized spacial score (nSPS) is 21.7. The van der Waals surface area contributed by atoms with Crippen molar-refractivity contribution < 1.29 is 19.1 Å². The molecule has 0 radical (unpaired) electrons. The Morgan fingerprint density at radius 1 is 1.16 bits per heavy atom. The quantitative estimate of drug-likeness (QED) is 0.660. The second-order valence-electron chi connectivity index (χ2n) is 8.23. The van der Waals surface area contributed by atoms with Gasteiger partial charge in [-0.1, -0.05) is 48.5 Å². The highest BCUT2D eigenvalue weighted by Crippen LogP contribution is 2.34. The van der Waals surface area contributed by atoms with Crippen LogP contribution in [0.1, 0.15) is 22.5 Å². The van der Waals surface area contributed by atoms with Gasteiger partial charge < -0.3 is 19.7 Å². The van der Waals surface area contributed by atoms with E-state index in [0.29, 0.717) is 18.5 Å². The molecule has 1 aliphatic rings. The van der Waals surface area contributed by atoms with Gasteiger partial charge in [0.25, 0.3) is 5.91 Å². The summed E-state index contributed by atoms with van der Waals surface area (Å²) in [5.74, 6) is -0.198. The molecule has 0 saturated carbocycles. The maximum absolute atomic E-state index is 13.2. The number of nitrogens with one attached hydrogen (secondary N) is 1. The molecule has 1 aromatic heterocycles. The molecule has 2 N–H and O–H groups in total. The number of hydrogen-bond donors (Lipinski definition) is 2. The van der Waals surface area contributed by atoms with Crippen LogP contribution in [0.25, 0.3) is 11.0 Å². The number of carbonyl (C=O) groups is 2. The highest BCUT2D eigenvalue weighted by molar-refractivity contribution is 5.96. The largest absolute Gasteiger partial charge is 0.451 e. The molecule has 0 unspecified atom stereocenters. The number of carbonyl (C=O) groups excluding carboxylic acids is 2. The van der Waals surface area contributed by atoms with Crippen molar-refractivity contribution in [1.82, 2.24) is 15.1 Å². The average Bonchev–Trinajstić information content (AvgIpc) is 3.21. The van der Waals surface area contributed by atoms with Gasteiger partial charge in [-0.05, 0) is 24.1 Å². The first-order chi connectivity index (χ1) is 14.9. The lowest BCUT2D eigenvalue weighted by molar-refractivity contribution is -0.131. The van der Waals surface area contributed by atoms with Crippen LogP contribution < -0.4 is 5.32 Å². The third kappa shape index (κ3) is 4.19. The van der Waals surface area contributed by atoms with Crippen molar-refractivity contribution in [3.8, 4) is 0 Å². The molecule has 2 aromatic carbocycles. The van der Waals surface area contributed by atoms with E-state index in [1.165, 1.54) is 4.90 Å². The van der Waals surface area contributed by atoms with Crippen LogP contribution in [-0.2, 0) is 10.3 Å². The number of furan rings is 1. The number of aliphatic hydroxyl groups is 1. The lowest BCUT2D eigenvalue weighted by Crippen LogP contribution is -2.62. The van der Waals surface area contributed by atoms with E-state index in [2.05, 4.69) is 5.32 Å². The molecule has 162 valence electrons. The second kappa shape index (κ2) is 8.53. The SMILES string of the molecule is CN(C)C(=O)CN1CC[C@](NC(=O)c2cc3ccccc3o2)(c2ccccc2)[C@H](O)C1. The van der Waals surface area contributed by atoms with Gasteiger partial charge in [0.2, 0.25) is 5.91 Å². The van der Waals surface area contributed by atoms with Crippen molar-refractivity contribution in [3.63, 3.8) is 0 Å². The van der Waals surface area contributed by atoms with Gasteiger partial charge in [-0.25, -0.2) is 0 Å². The van der Waals surface area contributed by atoms with Gasteiger partial charge in [0.15, 0.2) is 5.76 Å². The monoisotopic (exact) mass is 421 g/mol. The number of rotatable bonds is 5. The van der Waals surface area contributed by atoms with Gasteiger partial charge >= 0.3 is 0 Å². The Labute approximate surface area is 181 Å². The van der Waals surface area contributed by atoms with Crippen molar-refractivity contribution in [3.05, 3.63) is 72.0 Å². The fourth-order valence-corrected chi connectivity index (χ4v) is 4.12. The molecule has 0 aliphatic carbocycles. The van der Waals surface area contributed by atoms with Gasteiger partial charge in [0.05, 0.1) is 18.2 Å². The van der Waals surface area contributed by atoms with Gasteiger partial charge in [0.1, 0.15) is 5.58 Å². The zero-order valence-electron chi connectivity index (χ0n) is 17.7. The summed E-state index contributed by atoms with van der Waals surface area (Å²) in [5, 5.41) is 15.1. The topological polar surface area (TPSA) is 86.0 Å². The Morgan fingerprint density at radius 2 is 1.87 bits per heavy atom. The first kappa shape index (κ1) is 21.1. The molecule has 2 heterocycles. The highest BCUT2D eigenvalue weighted by atomic mass is 16.3. The Balaban J connectivity index is 1.60. The van der Waals surface area contributed by atoms with Crippen LogP contribution in [0.15, 0.2) is 65.1 Å². The zero-order chi connectivity index (χ0) is 22.0. The standard InChI is InChI=1S/C24H27N3O4/c1-26(2)22(29)16-27-13-12-24(21(28)15-27,18-9-4-3-5-10-18)25-23(30)20-14-17-8-6-7-11-19(17)31-20/h3-11,14,21,28H,12-13,15-16H2,1-2H3,(H,25,30)/t21-,24+/m1/s1. The molecule has 1 fully saturated rings. The maximum Gasteiger partial charge on any atom is 0.287 e. The van der Waals surface area contributed by atoms with E-state index in [-0.39, 0.29) is 30.7 Å². The van der Waals surface area contributed by atoms with Crippen LogP contribution in [0, 0.1) is 0 Å². The summed E-state index contributed by atoms with van der Waals surface area (Å²) >= 11 is 0. The number of likely N-dealkylation sites (N-methyl/N-ethyl adjacent to an activating group) is 1. The number of benzene rings is 2. The van der Waals surface area contributed by atoms with Gasteiger partial charge in [-0.15, -0.1) is 0 Å². The van der Waals surface area contributed by atoms with Gasteiger partial charge in [-0.2, -0.15) is 0 Å². The summed E-state index contributed by atoms with van der Waals surface area (Å²) < 4.78 is 5.73. The third-order valence-corrected chi connectivity index (χ3v) is 5.95. The number of fused-ring (bicyclic) bond motifs is 1. The summed E-state index contributed by atoms with van der Waals surface area (Å²) in [6, 6.07) is 18.6. The molecule has 7 heteroatoms. The summed E-state index contributed by atoms with van der Waals surface area (Å²) in [6.45, 7) is 1.06. The van der Waals surface area contributed by atoms with Crippen molar-refractivity contribution in [2.24, 2.45) is 0 Å². The predicted octanol–water partition coefficient (Wildman–Crippen LogP) is 2.21. The summed E-state index contributed by atoms with van der Waals surface area (Å²) in [4.78, 5) is 28.7. The minimum Gasteiger partial charge on any atom is -0.451 e. The molecule has 2 amide bonds. The van der Waals surface area contributed by atoms with Crippen LogP contribution in [0.5, 0.6) is 0 Å². The van der Waals surface area contributed by atoms with Crippen molar-refractivity contribution in [1.29, 1.82) is 0 Å². The van der Waals surface area contributed by atoms with Crippen LogP contribution >= 0.6 is 0 Å². The fourth-order valence-electron chi connectivity index (χ4n) is 4.12. The highest BCUT2D eigenvalue weighted by Gasteiger charge is 2.45. The molecular formula is C24H27N3O4. The van der Waals surface area contributed by atoms with E-state index < -0.39 is 11.6 Å². The van der Waals surface area contributed by atoms with E-state index in [9.17, 15) is 14.7 Å². The van der Waals surface area contributed by atoms with Crippen molar-refractivity contribution in [2.75, 3.05) is 33.7 Å². The molecule has 2 atom stereocenters. The molecule has 3 aromatic rings. The van der Waals surface area contributed by atoms with E-state index in [1.54, 1.807) is 20.2 Å². The summed E-state index contributed by atoms with van der Waals surface area (Å²) in [6.07, 6.45) is -0.433. The predicted molar refractivity (Wildman–Crippen MR) is 118 cm³/mol. The lowest BCUT2D eigenvalue weighted by atomic mass is 9.78. The van der Waals surface area contributed by atoms with Crippen LogP contribution in [0.3, 0.4) is 0 Å². The molecule has 0 spiro atoms. The molecule has 4 rings (SSSR count). The second-order valence-corrected chi connectivity index (χ2v) is 8.23. The number of amides is 2. The fraction of sp³-hybridized carbons (Fsp3) is 0.333. The first-order valence-corrected chi connectivity index (χ1v) is 10.4. The van der Waals surface area contributed by atoms with E-state index in [0.717, 1.165) is 10.9 Å². The zero-order valence-corrected chi connectivity index (χ0v) is 17.7. The summed E-state index contributed by atoms with van der Waals surface area (Å²) in [5.41, 5.74) is 0.485. The number of para-hydroxylation sites is 1. The number of piperidine rings is 1. The maximum atomic E-state index is 13.2. The van der Waals surface area contributed by atoms with Crippen LogP contribution in [0.2, 0.25) is 0 Å².